The molecule has 6 heteroatoms. The summed E-state index contributed by atoms with van der Waals surface area (Å²) in [7, 11) is 3.13. The number of aryl methyl sites for hydroxylation is 1. The molecule has 0 unspecified atom stereocenters. The lowest BCUT2D eigenvalue weighted by Crippen LogP contribution is -2.39. The second-order valence-corrected chi connectivity index (χ2v) is 5.89. The Balaban J connectivity index is 2.20. The smallest absolute Gasteiger partial charge is 0.306 e. The van der Waals surface area contributed by atoms with E-state index in [2.05, 4.69) is 21.2 Å². The molecule has 0 saturated heterocycles. The maximum atomic E-state index is 12.1. The van der Waals surface area contributed by atoms with Crippen LogP contribution in [0.2, 0.25) is 0 Å². The highest BCUT2D eigenvalue weighted by molar-refractivity contribution is 9.10. The lowest BCUT2D eigenvalue weighted by Gasteiger charge is -2.16. The van der Waals surface area contributed by atoms with Crippen LogP contribution in [0.25, 0.3) is 0 Å². The molecular formula is C15H18BrN3O2. The normalized spacial score (nSPS) is 12.4. The standard InChI is InChI=1S/C15H18BrN3O2/c1-10(12-6-4-5-7-13(12)16)17-8-11-9-18(2)15(21)19(3)14(11)20/h4-7,9-10,17H,8H2,1-3H3/t10-/m0/s1. The average Bonchev–Trinajstić information content (AvgIpc) is 2.47. The summed E-state index contributed by atoms with van der Waals surface area (Å²) in [6, 6.07) is 8.04. The van der Waals surface area contributed by atoms with Gasteiger partial charge in [-0.3, -0.25) is 9.36 Å². The predicted octanol–water partition coefficient (Wildman–Crippen LogP) is 1.70. The van der Waals surface area contributed by atoms with Gasteiger partial charge in [0, 0.05) is 42.9 Å². The fourth-order valence-corrected chi connectivity index (χ4v) is 2.83. The van der Waals surface area contributed by atoms with Crippen LogP contribution in [0.5, 0.6) is 0 Å². The quantitative estimate of drug-likeness (QED) is 0.911. The number of nitrogens with one attached hydrogen (secondary N) is 1. The van der Waals surface area contributed by atoms with Gasteiger partial charge in [-0.25, -0.2) is 4.79 Å². The van der Waals surface area contributed by atoms with E-state index >= 15 is 0 Å². The molecule has 0 amide bonds. The predicted molar refractivity (Wildman–Crippen MR) is 86.3 cm³/mol. The van der Waals surface area contributed by atoms with Crippen LogP contribution in [0, 0.1) is 0 Å². The van der Waals surface area contributed by atoms with Crippen LogP contribution in [0.1, 0.15) is 24.1 Å². The molecular weight excluding hydrogens is 334 g/mol. The molecule has 0 radical (unpaired) electrons. The molecule has 0 fully saturated rings. The molecule has 0 spiro atoms. The largest absolute Gasteiger partial charge is 0.330 e. The summed E-state index contributed by atoms with van der Waals surface area (Å²) >= 11 is 3.52. The summed E-state index contributed by atoms with van der Waals surface area (Å²) in [4.78, 5) is 23.7. The fraction of sp³-hybridized carbons (Fsp3) is 0.333. The SMILES string of the molecule is C[C@H](NCc1cn(C)c(=O)n(C)c1=O)c1ccccc1Br. The third kappa shape index (κ3) is 3.33. The van der Waals surface area contributed by atoms with E-state index in [1.807, 2.05) is 31.2 Å². The summed E-state index contributed by atoms with van der Waals surface area (Å²) in [6.45, 7) is 2.44. The lowest BCUT2D eigenvalue weighted by atomic mass is 10.1. The molecule has 21 heavy (non-hydrogen) atoms. The van der Waals surface area contributed by atoms with Gasteiger partial charge < -0.3 is 9.88 Å². The molecule has 2 aromatic rings. The van der Waals surface area contributed by atoms with E-state index in [-0.39, 0.29) is 17.3 Å². The summed E-state index contributed by atoms with van der Waals surface area (Å²) in [5.74, 6) is 0. The Morgan fingerprint density at radius 3 is 2.57 bits per heavy atom. The van der Waals surface area contributed by atoms with Crippen molar-refractivity contribution in [2.24, 2.45) is 14.1 Å². The summed E-state index contributed by atoms with van der Waals surface area (Å²) in [5.41, 5.74) is 1.12. The fourth-order valence-electron chi connectivity index (χ4n) is 2.20. The first kappa shape index (κ1) is 15.7. The molecule has 0 aliphatic rings. The van der Waals surface area contributed by atoms with Crippen LogP contribution >= 0.6 is 15.9 Å². The lowest BCUT2D eigenvalue weighted by molar-refractivity contribution is 0.557. The van der Waals surface area contributed by atoms with E-state index in [1.165, 1.54) is 11.6 Å². The van der Waals surface area contributed by atoms with Crippen molar-refractivity contribution in [1.29, 1.82) is 0 Å². The van der Waals surface area contributed by atoms with Gasteiger partial charge in [0.2, 0.25) is 0 Å². The molecule has 0 saturated carbocycles. The highest BCUT2D eigenvalue weighted by Gasteiger charge is 2.11. The maximum absolute atomic E-state index is 12.1. The van der Waals surface area contributed by atoms with Gasteiger partial charge in [-0.1, -0.05) is 34.1 Å². The van der Waals surface area contributed by atoms with E-state index in [1.54, 1.807) is 13.2 Å². The van der Waals surface area contributed by atoms with Gasteiger partial charge in [-0.05, 0) is 18.6 Å². The molecule has 1 atom stereocenters. The van der Waals surface area contributed by atoms with Crippen LogP contribution in [0.3, 0.4) is 0 Å². The van der Waals surface area contributed by atoms with Crippen LogP contribution < -0.4 is 16.6 Å². The minimum atomic E-state index is -0.317. The van der Waals surface area contributed by atoms with Crippen molar-refractivity contribution >= 4 is 15.9 Å². The Morgan fingerprint density at radius 1 is 1.24 bits per heavy atom. The van der Waals surface area contributed by atoms with Crippen molar-refractivity contribution in [2.45, 2.75) is 19.5 Å². The molecule has 2 rings (SSSR count). The van der Waals surface area contributed by atoms with E-state index in [9.17, 15) is 9.59 Å². The highest BCUT2D eigenvalue weighted by atomic mass is 79.9. The minimum absolute atomic E-state index is 0.0857. The molecule has 1 heterocycles. The van der Waals surface area contributed by atoms with Gasteiger partial charge in [0.05, 0.1) is 0 Å². The molecule has 1 aromatic heterocycles. The number of hydrogen-bond acceptors (Lipinski definition) is 3. The molecule has 1 aromatic carbocycles. The molecule has 0 aliphatic carbocycles. The molecule has 1 N–H and O–H groups in total. The zero-order valence-electron chi connectivity index (χ0n) is 12.3. The third-order valence-corrected chi connectivity index (χ3v) is 4.21. The van der Waals surface area contributed by atoms with E-state index in [4.69, 9.17) is 0 Å². The molecule has 112 valence electrons. The van der Waals surface area contributed by atoms with Gasteiger partial charge in [-0.15, -0.1) is 0 Å². The average molecular weight is 352 g/mol. The Hall–Kier alpha value is -1.66. The van der Waals surface area contributed by atoms with Crippen LogP contribution in [-0.2, 0) is 20.6 Å². The summed E-state index contributed by atoms with van der Waals surface area (Å²) in [5, 5.41) is 3.31. The van der Waals surface area contributed by atoms with Gasteiger partial charge in [0.25, 0.3) is 5.56 Å². The molecule has 0 bridgehead atoms. The van der Waals surface area contributed by atoms with E-state index in [0.29, 0.717) is 12.1 Å². The Morgan fingerprint density at radius 2 is 1.90 bits per heavy atom. The first-order valence-corrected chi connectivity index (χ1v) is 7.44. The van der Waals surface area contributed by atoms with Crippen molar-refractivity contribution < 1.29 is 0 Å². The maximum Gasteiger partial charge on any atom is 0.330 e. The van der Waals surface area contributed by atoms with Crippen molar-refractivity contribution in [2.75, 3.05) is 0 Å². The van der Waals surface area contributed by atoms with E-state index < -0.39 is 0 Å². The van der Waals surface area contributed by atoms with Gasteiger partial charge in [0.1, 0.15) is 0 Å². The topological polar surface area (TPSA) is 56.0 Å². The molecule has 0 aliphatic heterocycles. The Labute approximate surface area is 131 Å². The zero-order valence-corrected chi connectivity index (χ0v) is 13.8. The monoisotopic (exact) mass is 351 g/mol. The van der Waals surface area contributed by atoms with Crippen molar-refractivity contribution in [1.82, 2.24) is 14.5 Å². The van der Waals surface area contributed by atoms with E-state index in [0.717, 1.165) is 14.6 Å². The van der Waals surface area contributed by atoms with Crippen molar-refractivity contribution in [3.8, 4) is 0 Å². The number of nitrogens with zero attached hydrogens (tertiary/aromatic N) is 2. The van der Waals surface area contributed by atoms with Crippen molar-refractivity contribution in [3.05, 3.63) is 66.9 Å². The highest BCUT2D eigenvalue weighted by Crippen LogP contribution is 2.22. The van der Waals surface area contributed by atoms with Gasteiger partial charge in [-0.2, -0.15) is 0 Å². The number of hydrogen-bond donors (Lipinski definition) is 1. The second kappa shape index (κ2) is 6.41. The van der Waals surface area contributed by atoms with Crippen LogP contribution in [0.15, 0.2) is 44.5 Å². The number of benzene rings is 1. The second-order valence-electron chi connectivity index (χ2n) is 5.04. The summed E-state index contributed by atoms with van der Waals surface area (Å²) < 4.78 is 3.57. The number of aromatic nitrogens is 2. The number of rotatable bonds is 4. The summed E-state index contributed by atoms with van der Waals surface area (Å²) in [6.07, 6.45) is 1.59. The Kier molecular flexibility index (Phi) is 4.80. The van der Waals surface area contributed by atoms with Crippen LogP contribution in [0.4, 0.5) is 0 Å². The zero-order chi connectivity index (χ0) is 15.6. The van der Waals surface area contributed by atoms with Gasteiger partial charge >= 0.3 is 5.69 Å². The first-order valence-electron chi connectivity index (χ1n) is 6.65. The minimum Gasteiger partial charge on any atom is -0.306 e. The third-order valence-electron chi connectivity index (χ3n) is 3.49. The first-order chi connectivity index (χ1) is 9.91. The van der Waals surface area contributed by atoms with Crippen molar-refractivity contribution in [3.63, 3.8) is 0 Å². The van der Waals surface area contributed by atoms with Crippen LogP contribution in [-0.4, -0.2) is 9.13 Å². The molecule has 5 nitrogen and oxygen atoms in total. The van der Waals surface area contributed by atoms with Gasteiger partial charge in [0.15, 0.2) is 0 Å². The number of halogens is 1. The Bertz CT molecular complexity index is 764.